The van der Waals surface area contributed by atoms with Crippen LogP contribution in [0.15, 0.2) is 18.2 Å². The van der Waals surface area contributed by atoms with Gasteiger partial charge in [-0.05, 0) is 30.5 Å². The van der Waals surface area contributed by atoms with Gasteiger partial charge in [-0.25, -0.2) is 0 Å². The van der Waals surface area contributed by atoms with Gasteiger partial charge >= 0.3 is 6.18 Å². The van der Waals surface area contributed by atoms with Crippen LogP contribution in [-0.2, 0) is 10.9 Å². The molecular weight excluding hydrogens is 243 g/mol. The number of nitrogens with one attached hydrogen (secondary N) is 1. The molecule has 0 aliphatic rings. The number of halogens is 3. The molecule has 1 atom stereocenters. The number of rotatable bonds is 5. The van der Waals surface area contributed by atoms with E-state index in [2.05, 4.69) is 5.32 Å². The predicted molar refractivity (Wildman–Crippen MR) is 65.7 cm³/mol. The van der Waals surface area contributed by atoms with Crippen LogP contribution in [-0.4, -0.2) is 20.3 Å². The second-order valence-electron chi connectivity index (χ2n) is 4.47. The molecular formula is C13H18F3NO. The molecule has 0 aliphatic carbocycles. The number of methoxy groups -OCH3 is 1. The standard InChI is InChI=1S/C13H18F3NO/c1-9(8-18-3)7-17-11-5-4-10(2)12(6-11)13(14,15)16/h4-6,9,17H,7-8H2,1-3H3. The Balaban J connectivity index is 2.74. The van der Waals surface area contributed by atoms with Crippen LogP contribution in [0.4, 0.5) is 18.9 Å². The van der Waals surface area contributed by atoms with E-state index in [9.17, 15) is 13.2 Å². The molecule has 5 heteroatoms. The van der Waals surface area contributed by atoms with Crippen molar-refractivity contribution in [2.24, 2.45) is 5.92 Å². The fourth-order valence-corrected chi connectivity index (χ4v) is 1.67. The minimum absolute atomic E-state index is 0.234. The maximum atomic E-state index is 12.7. The molecule has 102 valence electrons. The van der Waals surface area contributed by atoms with Crippen LogP contribution >= 0.6 is 0 Å². The molecule has 0 radical (unpaired) electrons. The Labute approximate surface area is 105 Å². The molecule has 0 spiro atoms. The lowest BCUT2D eigenvalue weighted by Crippen LogP contribution is -2.16. The van der Waals surface area contributed by atoms with Crippen molar-refractivity contribution < 1.29 is 17.9 Å². The van der Waals surface area contributed by atoms with Gasteiger partial charge in [-0.2, -0.15) is 13.2 Å². The molecule has 1 N–H and O–H groups in total. The van der Waals surface area contributed by atoms with Gasteiger partial charge in [-0.1, -0.05) is 13.0 Å². The van der Waals surface area contributed by atoms with Crippen molar-refractivity contribution in [2.45, 2.75) is 20.0 Å². The SMILES string of the molecule is COCC(C)CNc1ccc(C)c(C(F)(F)F)c1. The van der Waals surface area contributed by atoms with Gasteiger partial charge in [0, 0.05) is 19.3 Å². The van der Waals surface area contributed by atoms with Gasteiger partial charge < -0.3 is 10.1 Å². The average Bonchev–Trinajstić information content (AvgIpc) is 2.27. The first-order valence-electron chi connectivity index (χ1n) is 5.75. The normalized spacial score (nSPS) is 13.4. The van der Waals surface area contributed by atoms with Crippen LogP contribution in [0, 0.1) is 12.8 Å². The van der Waals surface area contributed by atoms with E-state index in [1.54, 1.807) is 13.2 Å². The first-order chi connectivity index (χ1) is 8.34. The fourth-order valence-electron chi connectivity index (χ4n) is 1.67. The quantitative estimate of drug-likeness (QED) is 0.872. The molecule has 1 aromatic carbocycles. The van der Waals surface area contributed by atoms with Gasteiger partial charge in [-0.3, -0.25) is 0 Å². The smallest absolute Gasteiger partial charge is 0.385 e. The molecule has 1 unspecified atom stereocenters. The summed E-state index contributed by atoms with van der Waals surface area (Å²) in [7, 11) is 1.60. The molecule has 2 nitrogen and oxygen atoms in total. The summed E-state index contributed by atoms with van der Waals surface area (Å²) >= 11 is 0. The number of anilines is 1. The van der Waals surface area contributed by atoms with Gasteiger partial charge in [0.05, 0.1) is 12.2 Å². The van der Waals surface area contributed by atoms with E-state index in [4.69, 9.17) is 4.74 Å². The van der Waals surface area contributed by atoms with Crippen LogP contribution in [0.5, 0.6) is 0 Å². The molecule has 0 heterocycles. The topological polar surface area (TPSA) is 21.3 Å². The maximum absolute atomic E-state index is 12.7. The third kappa shape index (κ3) is 4.22. The van der Waals surface area contributed by atoms with E-state index in [1.165, 1.54) is 13.0 Å². The van der Waals surface area contributed by atoms with Crippen LogP contribution in [0.2, 0.25) is 0 Å². The molecule has 0 fully saturated rings. The lowest BCUT2D eigenvalue weighted by molar-refractivity contribution is -0.138. The minimum Gasteiger partial charge on any atom is -0.385 e. The molecule has 0 saturated carbocycles. The minimum atomic E-state index is -4.31. The van der Waals surface area contributed by atoms with Gasteiger partial charge in [0.25, 0.3) is 0 Å². The van der Waals surface area contributed by atoms with E-state index in [1.807, 2.05) is 6.92 Å². The molecule has 1 aromatic rings. The van der Waals surface area contributed by atoms with Crippen LogP contribution in [0.1, 0.15) is 18.1 Å². The predicted octanol–water partition coefficient (Wildman–Crippen LogP) is 3.71. The summed E-state index contributed by atoms with van der Waals surface area (Å²) in [5, 5.41) is 2.99. The molecule has 0 aliphatic heterocycles. The van der Waals surface area contributed by atoms with Gasteiger partial charge in [-0.15, -0.1) is 0 Å². The van der Waals surface area contributed by atoms with Gasteiger partial charge in [0.2, 0.25) is 0 Å². The molecule has 0 aromatic heterocycles. The third-order valence-corrected chi connectivity index (χ3v) is 2.65. The Morgan fingerprint density at radius 1 is 1.33 bits per heavy atom. The van der Waals surface area contributed by atoms with E-state index in [-0.39, 0.29) is 11.5 Å². The molecule has 1 rings (SSSR count). The zero-order valence-electron chi connectivity index (χ0n) is 10.8. The molecule has 0 saturated heterocycles. The van der Waals surface area contributed by atoms with Crippen molar-refractivity contribution >= 4 is 5.69 Å². The van der Waals surface area contributed by atoms with E-state index in [0.717, 1.165) is 6.07 Å². The first kappa shape index (κ1) is 14.8. The molecule has 0 amide bonds. The van der Waals surface area contributed by atoms with Crippen LogP contribution in [0.25, 0.3) is 0 Å². The Bertz CT molecular complexity index is 390. The molecule has 0 bridgehead atoms. The summed E-state index contributed by atoms with van der Waals surface area (Å²) in [5.41, 5.74) is 0.126. The lowest BCUT2D eigenvalue weighted by Gasteiger charge is -2.15. The highest BCUT2D eigenvalue weighted by Crippen LogP contribution is 2.33. The number of hydrogen-bond acceptors (Lipinski definition) is 2. The first-order valence-corrected chi connectivity index (χ1v) is 5.75. The Morgan fingerprint density at radius 3 is 2.56 bits per heavy atom. The number of ether oxygens (including phenoxy) is 1. The number of benzene rings is 1. The van der Waals surface area contributed by atoms with Crippen LogP contribution < -0.4 is 5.32 Å². The van der Waals surface area contributed by atoms with Crippen molar-refractivity contribution in [3.8, 4) is 0 Å². The maximum Gasteiger partial charge on any atom is 0.416 e. The van der Waals surface area contributed by atoms with Crippen molar-refractivity contribution in [3.05, 3.63) is 29.3 Å². The van der Waals surface area contributed by atoms with Crippen molar-refractivity contribution in [3.63, 3.8) is 0 Å². The Kier molecular flexibility index (Phi) is 5.02. The number of aryl methyl sites for hydroxylation is 1. The highest BCUT2D eigenvalue weighted by atomic mass is 19.4. The Morgan fingerprint density at radius 2 is 2.00 bits per heavy atom. The summed E-state index contributed by atoms with van der Waals surface area (Å²) in [6.45, 7) is 4.58. The summed E-state index contributed by atoms with van der Waals surface area (Å²) in [6.07, 6.45) is -4.31. The zero-order valence-corrected chi connectivity index (χ0v) is 10.8. The van der Waals surface area contributed by atoms with Crippen molar-refractivity contribution in [1.82, 2.24) is 0 Å². The van der Waals surface area contributed by atoms with E-state index >= 15 is 0 Å². The lowest BCUT2D eigenvalue weighted by atomic mass is 10.1. The highest BCUT2D eigenvalue weighted by molar-refractivity contribution is 5.49. The third-order valence-electron chi connectivity index (χ3n) is 2.65. The van der Waals surface area contributed by atoms with Crippen molar-refractivity contribution in [1.29, 1.82) is 0 Å². The summed E-state index contributed by atoms with van der Waals surface area (Å²) < 4.78 is 43.1. The van der Waals surface area contributed by atoms with Gasteiger partial charge in [0.15, 0.2) is 0 Å². The second kappa shape index (κ2) is 6.09. The van der Waals surface area contributed by atoms with Crippen LogP contribution in [0.3, 0.4) is 0 Å². The number of hydrogen-bond donors (Lipinski definition) is 1. The Hall–Kier alpha value is -1.23. The fraction of sp³-hybridized carbons (Fsp3) is 0.538. The highest BCUT2D eigenvalue weighted by Gasteiger charge is 2.32. The van der Waals surface area contributed by atoms with E-state index in [0.29, 0.717) is 18.8 Å². The largest absolute Gasteiger partial charge is 0.416 e. The van der Waals surface area contributed by atoms with E-state index < -0.39 is 11.7 Å². The zero-order chi connectivity index (χ0) is 13.8. The summed E-state index contributed by atoms with van der Waals surface area (Å²) in [6, 6.07) is 4.28. The average molecular weight is 261 g/mol. The van der Waals surface area contributed by atoms with Gasteiger partial charge in [0.1, 0.15) is 0 Å². The second-order valence-corrected chi connectivity index (χ2v) is 4.47. The molecule has 18 heavy (non-hydrogen) atoms. The monoisotopic (exact) mass is 261 g/mol. The number of alkyl halides is 3. The summed E-state index contributed by atoms with van der Waals surface area (Å²) in [5.74, 6) is 0.241. The van der Waals surface area contributed by atoms with Crippen molar-refractivity contribution in [2.75, 3.05) is 25.6 Å². The summed E-state index contributed by atoms with van der Waals surface area (Å²) in [4.78, 5) is 0.